The van der Waals surface area contributed by atoms with Crippen LogP contribution < -0.4 is 16.4 Å². The number of benzene rings is 1. The van der Waals surface area contributed by atoms with E-state index in [0.717, 1.165) is 12.1 Å². The lowest BCUT2D eigenvalue weighted by molar-refractivity contribution is -0.125. The second kappa shape index (κ2) is 6.79. The lowest BCUT2D eigenvalue weighted by Crippen LogP contribution is -2.40. The van der Waals surface area contributed by atoms with Crippen LogP contribution in [-0.4, -0.2) is 24.9 Å². The number of halogens is 2. The van der Waals surface area contributed by atoms with Gasteiger partial charge in [0.1, 0.15) is 11.6 Å². The molecule has 0 saturated heterocycles. The van der Waals surface area contributed by atoms with Crippen molar-refractivity contribution in [3.05, 3.63) is 35.4 Å². The van der Waals surface area contributed by atoms with Crippen molar-refractivity contribution >= 4 is 11.8 Å². The molecule has 19 heavy (non-hydrogen) atoms. The molecule has 1 rings (SSSR count). The highest BCUT2D eigenvalue weighted by Gasteiger charge is 2.14. The maximum Gasteiger partial charge on any atom is 0.239 e. The fraction of sp³-hybridized carbons (Fsp3) is 0.333. The molecule has 5 nitrogen and oxygen atoms in total. The number of hydrogen-bond donors (Lipinski definition) is 3. The summed E-state index contributed by atoms with van der Waals surface area (Å²) in [6.07, 6.45) is 0. The minimum atomic E-state index is -0.737. The third-order valence-corrected chi connectivity index (χ3v) is 2.44. The van der Waals surface area contributed by atoms with Gasteiger partial charge in [-0.2, -0.15) is 0 Å². The molecule has 1 unspecified atom stereocenters. The Bertz CT molecular complexity index is 480. The lowest BCUT2D eigenvalue weighted by atomic mass is 10.1. The van der Waals surface area contributed by atoms with Crippen LogP contribution in [-0.2, 0) is 9.59 Å². The molecule has 1 atom stereocenters. The summed E-state index contributed by atoms with van der Waals surface area (Å²) in [4.78, 5) is 22.3. The van der Waals surface area contributed by atoms with E-state index in [-0.39, 0.29) is 18.7 Å². The van der Waals surface area contributed by atoms with Gasteiger partial charge in [0.15, 0.2) is 0 Å². The number of carbonyl (C=O) groups excluding carboxylic acids is 2. The highest BCUT2D eigenvalue weighted by atomic mass is 19.1. The first-order chi connectivity index (χ1) is 8.93. The van der Waals surface area contributed by atoms with Crippen LogP contribution in [0.1, 0.15) is 18.5 Å². The maximum atomic E-state index is 13.4. The Hall–Kier alpha value is -2.02. The van der Waals surface area contributed by atoms with Crippen molar-refractivity contribution in [3.63, 3.8) is 0 Å². The summed E-state index contributed by atoms with van der Waals surface area (Å²) in [7, 11) is 0. The van der Waals surface area contributed by atoms with Gasteiger partial charge in [-0.25, -0.2) is 8.78 Å². The van der Waals surface area contributed by atoms with E-state index >= 15 is 0 Å². The lowest BCUT2D eigenvalue weighted by Gasteiger charge is -2.15. The molecule has 0 spiro atoms. The third kappa shape index (κ3) is 4.63. The number of rotatable bonds is 5. The maximum absolute atomic E-state index is 13.4. The fourth-order valence-electron chi connectivity index (χ4n) is 1.47. The molecule has 0 fully saturated rings. The molecule has 0 bridgehead atoms. The summed E-state index contributed by atoms with van der Waals surface area (Å²) < 4.78 is 26.2. The number of nitrogens with one attached hydrogen (secondary N) is 2. The fourth-order valence-corrected chi connectivity index (χ4v) is 1.47. The van der Waals surface area contributed by atoms with Gasteiger partial charge in [-0.15, -0.1) is 0 Å². The van der Waals surface area contributed by atoms with Gasteiger partial charge >= 0.3 is 0 Å². The summed E-state index contributed by atoms with van der Waals surface area (Å²) >= 11 is 0. The molecule has 2 amide bonds. The zero-order valence-corrected chi connectivity index (χ0v) is 10.4. The Labute approximate surface area is 109 Å². The Kier molecular flexibility index (Phi) is 5.37. The Morgan fingerprint density at radius 2 is 2.00 bits per heavy atom. The first kappa shape index (κ1) is 15.0. The van der Waals surface area contributed by atoms with Crippen LogP contribution in [0.3, 0.4) is 0 Å². The molecule has 0 aromatic heterocycles. The second-order valence-electron chi connectivity index (χ2n) is 3.94. The van der Waals surface area contributed by atoms with Crippen LogP contribution in [0.4, 0.5) is 8.78 Å². The Morgan fingerprint density at radius 3 is 2.58 bits per heavy atom. The monoisotopic (exact) mass is 271 g/mol. The predicted octanol–water partition coefficient (Wildman–Crippen LogP) is 0.217. The zero-order chi connectivity index (χ0) is 14.4. The average molecular weight is 271 g/mol. The van der Waals surface area contributed by atoms with Crippen LogP contribution in [0.15, 0.2) is 18.2 Å². The van der Waals surface area contributed by atoms with Gasteiger partial charge in [-0.3, -0.25) is 9.59 Å². The molecule has 0 saturated carbocycles. The minimum absolute atomic E-state index is 0.167. The van der Waals surface area contributed by atoms with Crippen LogP contribution in [0, 0.1) is 11.6 Å². The minimum Gasteiger partial charge on any atom is -0.348 e. The molecule has 104 valence electrons. The number of amides is 2. The molecule has 7 heteroatoms. The molecule has 1 aromatic carbocycles. The molecular formula is C12H15F2N3O2. The van der Waals surface area contributed by atoms with E-state index in [4.69, 9.17) is 5.73 Å². The number of hydrogen-bond acceptors (Lipinski definition) is 3. The van der Waals surface area contributed by atoms with Crippen molar-refractivity contribution in [2.75, 3.05) is 13.1 Å². The standard InChI is InChI=1S/C12H15F2N3O2/c1-7(9-3-2-8(13)4-10(9)14)17-12(19)6-16-11(18)5-15/h2-4,7H,5-6,15H2,1H3,(H,16,18)(H,17,19). The van der Waals surface area contributed by atoms with E-state index in [2.05, 4.69) is 10.6 Å². The van der Waals surface area contributed by atoms with E-state index in [1.54, 1.807) is 6.92 Å². The number of nitrogens with two attached hydrogens (primary N) is 1. The summed E-state index contributed by atoms with van der Waals surface area (Å²) in [5.41, 5.74) is 5.22. The van der Waals surface area contributed by atoms with Crippen LogP contribution in [0.2, 0.25) is 0 Å². The summed E-state index contributed by atoms with van der Waals surface area (Å²) in [6, 6.07) is 2.47. The van der Waals surface area contributed by atoms with Crippen LogP contribution >= 0.6 is 0 Å². The molecule has 0 heterocycles. The average Bonchev–Trinajstić information content (AvgIpc) is 2.35. The SMILES string of the molecule is CC(NC(=O)CNC(=O)CN)c1ccc(F)cc1F. The van der Waals surface area contributed by atoms with Gasteiger partial charge in [-0.05, 0) is 13.0 Å². The second-order valence-corrected chi connectivity index (χ2v) is 3.94. The van der Waals surface area contributed by atoms with E-state index in [0.29, 0.717) is 0 Å². The van der Waals surface area contributed by atoms with Gasteiger partial charge in [0.2, 0.25) is 11.8 Å². The summed E-state index contributed by atoms with van der Waals surface area (Å²) in [5.74, 6) is -2.37. The van der Waals surface area contributed by atoms with Crippen LogP contribution in [0.5, 0.6) is 0 Å². The van der Waals surface area contributed by atoms with E-state index in [1.165, 1.54) is 6.07 Å². The first-order valence-electron chi connectivity index (χ1n) is 5.65. The smallest absolute Gasteiger partial charge is 0.239 e. The van der Waals surface area contributed by atoms with Gasteiger partial charge in [-0.1, -0.05) is 6.07 Å². The van der Waals surface area contributed by atoms with Gasteiger partial charge in [0.25, 0.3) is 0 Å². The Morgan fingerprint density at radius 1 is 1.32 bits per heavy atom. The van der Waals surface area contributed by atoms with Gasteiger partial charge in [0.05, 0.1) is 19.1 Å². The quantitative estimate of drug-likeness (QED) is 0.716. The third-order valence-electron chi connectivity index (χ3n) is 2.44. The van der Waals surface area contributed by atoms with E-state index in [9.17, 15) is 18.4 Å². The van der Waals surface area contributed by atoms with Crippen molar-refractivity contribution in [3.8, 4) is 0 Å². The van der Waals surface area contributed by atoms with Crippen molar-refractivity contribution in [2.24, 2.45) is 5.73 Å². The van der Waals surface area contributed by atoms with E-state index < -0.39 is 29.5 Å². The van der Waals surface area contributed by atoms with Gasteiger partial charge < -0.3 is 16.4 Å². The summed E-state index contributed by atoms with van der Waals surface area (Å²) in [5, 5.41) is 4.76. The van der Waals surface area contributed by atoms with Crippen molar-refractivity contribution < 1.29 is 18.4 Å². The largest absolute Gasteiger partial charge is 0.348 e. The van der Waals surface area contributed by atoms with Gasteiger partial charge in [0, 0.05) is 11.6 Å². The van der Waals surface area contributed by atoms with Crippen molar-refractivity contribution in [1.29, 1.82) is 0 Å². The summed E-state index contributed by atoms with van der Waals surface area (Å²) in [6.45, 7) is 1.09. The molecule has 0 aliphatic heterocycles. The highest BCUT2D eigenvalue weighted by molar-refractivity contribution is 5.85. The zero-order valence-electron chi connectivity index (χ0n) is 10.4. The molecule has 4 N–H and O–H groups in total. The molecule has 0 aliphatic carbocycles. The topological polar surface area (TPSA) is 84.2 Å². The van der Waals surface area contributed by atoms with Crippen molar-refractivity contribution in [1.82, 2.24) is 10.6 Å². The van der Waals surface area contributed by atoms with Crippen LogP contribution in [0.25, 0.3) is 0 Å². The molecule has 0 aliphatic rings. The number of carbonyl (C=O) groups is 2. The first-order valence-corrected chi connectivity index (χ1v) is 5.65. The predicted molar refractivity (Wildman–Crippen MR) is 65.0 cm³/mol. The molecule has 0 radical (unpaired) electrons. The van der Waals surface area contributed by atoms with E-state index in [1.807, 2.05) is 0 Å². The Balaban J connectivity index is 2.56. The highest BCUT2D eigenvalue weighted by Crippen LogP contribution is 2.17. The molecular weight excluding hydrogens is 256 g/mol. The van der Waals surface area contributed by atoms with Crippen molar-refractivity contribution in [2.45, 2.75) is 13.0 Å². The molecule has 1 aromatic rings. The normalized spacial score (nSPS) is 11.8.